The van der Waals surface area contributed by atoms with Gasteiger partial charge in [0.05, 0.1) is 31.6 Å². The number of amides is 1. The van der Waals surface area contributed by atoms with Crippen LogP contribution in [0.1, 0.15) is 40.9 Å². The van der Waals surface area contributed by atoms with E-state index in [0.717, 1.165) is 29.9 Å². The third-order valence-electron chi connectivity index (χ3n) is 3.61. The molecule has 0 bridgehead atoms. The van der Waals surface area contributed by atoms with Gasteiger partial charge in [0.1, 0.15) is 5.76 Å². The van der Waals surface area contributed by atoms with Crippen molar-refractivity contribution in [3.63, 3.8) is 0 Å². The number of aliphatic hydroxyl groups excluding tert-OH is 1. The van der Waals surface area contributed by atoms with Crippen LogP contribution in [0.5, 0.6) is 0 Å². The molecule has 112 valence electrons. The van der Waals surface area contributed by atoms with Crippen molar-refractivity contribution in [2.45, 2.75) is 39.4 Å². The van der Waals surface area contributed by atoms with E-state index >= 15 is 0 Å². The number of fused-ring (bicyclic) bond motifs is 1. The van der Waals surface area contributed by atoms with Crippen molar-refractivity contribution >= 4 is 5.91 Å². The fourth-order valence-electron chi connectivity index (χ4n) is 2.58. The highest BCUT2D eigenvalue weighted by Crippen LogP contribution is 2.24. The maximum absolute atomic E-state index is 12.4. The van der Waals surface area contributed by atoms with Crippen LogP contribution in [0.3, 0.4) is 0 Å². The summed E-state index contributed by atoms with van der Waals surface area (Å²) < 4.78 is 6.90. The third kappa shape index (κ3) is 2.56. The lowest BCUT2D eigenvalue weighted by Gasteiger charge is -2.14. The van der Waals surface area contributed by atoms with Crippen LogP contribution in [-0.2, 0) is 26.1 Å². The van der Waals surface area contributed by atoms with Gasteiger partial charge >= 0.3 is 0 Å². The second kappa shape index (κ2) is 5.69. The molecule has 7 nitrogen and oxygen atoms in total. The zero-order valence-corrected chi connectivity index (χ0v) is 11.9. The smallest absolute Gasteiger partial charge is 0.276 e. The zero-order chi connectivity index (χ0) is 14.8. The minimum Gasteiger partial charge on any atom is -0.394 e. The highest BCUT2D eigenvalue weighted by atomic mass is 16.5. The van der Waals surface area contributed by atoms with Crippen LogP contribution in [0.2, 0.25) is 0 Å². The number of aromatic nitrogens is 3. The molecule has 3 rings (SSSR count). The molecular weight excluding hydrogens is 272 g/mol. The van der Waals surface area contributed by atoms with E-state index in [-0.39, 0.29) is 12.5 Å². The number of carbonyl (C=O) groups is 1. The first-order chi connectivity index (χ1) is 10.2. The van der Waals surface area contributed by atoms with E-state index in [1.807, 2.05) is 6.92 Å². The average molecular weight is 290 g/mol. The SMILES string of the molecule is CCCc1cc(C(=O)N2Cc3cnn(CCO)c3C2)no1. The lowest BCUT2D eigenvalue weighted by molar-refractivity contribution is 0.0737. The summed E-state index contributed by atoms with van der Waals surface area (Å²) in [6.45, 7) is 3.54. The zero-order valence-electron chi connectivity index (χ0n) is 11.9. The summed E-state index contributed by atoms with van der Waals surface area (Å²) in [5.41, 5.74) is 2.36. The molecule has 7 heteroatoms. The van der Waals surface area contributed by atoms with Crippen molar-refractivity contribution in [3.05, 3.63) is 35.0 Å². The van der Waals surface area contributed by atoms with E-state index in [0.29, 0.717) is 25.3 Å². The first-order valence-electron chi connectivity index (χ1n) is 7.12. The summed E-state index contributed by atoms with van der Waals surface area (Å²) in [5.74, 6) is 0.608. The van der Waals surface area contributed by atoms with Crippen LogP contribution in [0.15, 0.2) is 16.8 Å². The Morgan fingerprint density at radius 2 is 2.33 bits per heavy atom. The Hall–Kier alpha value is -2.15. The monoisotopic (exact) mass is 290 g/mol. The van der Waals surface area contributed by atoms with Crippen molar-refractivity contribution in [1.29, 1.82) is 0 Å². The third-order valence-corrected chi connectivity index (χ3v) is 3.61. The van der Waals surface area contributed by atoms with Gasteiger partial charge in [0.25, 0.3) is 5.91 Å². The fraction of sp³-hybridized carbons (Fsp3) is 0.500. The maximum Gasteiger partial charge on any atom is 0.276 e. The molecule has 0 unspecified atom stereocenters. The van der Waals surface area contributed by atoms with E-state index in [9.17, 15) is 4.79 Å². The van der Waals surface area contributed by atoms with Crippen LogP contribution in [-0.4, -0.2) is 37.5 Å². The molecule has 3 heterocycles. The molecule has 1 amide bonds. The average Bonchev–Trinajstić information content (AvgIpc) is 3.16. The van der Waals surface area contributed by atoms with Gasteiger partial charge in [-0.2, -0.15) is 5.10 Å². The molecule has 0 saturated heterocycles. The number of aliphatic hydroxyl groups is 1. The lowest BCUT2D eigenvalue weighted by Crippen LogP contribution is -2.26. The molecule has 0 atom stereocenters. The molecule has 0 radical (unpaired) electrons. The van der Waals surface area contributed by atoms with Gasteiger partial charge in [0, 0.05) is 24.6 Å². The van der Waals surface area contributed by atoms with Crippen LogP contribution < -0.4 is 0 Å². The highest BCUT2D eigenvalue weighted by Gasteiger charge is 2.29. The van der Waals surface area contributed by atoms with Crippen molar-refractivity contribution < 1.29 is 14.4 Å². The molecule has 0 fully saturated rings. The highest BCUT2D eigenvalue weighted by molar-refractivity contribution is 5.92. The Morgan fingerprint density at radius 1 is 1.48 bits per heavy atom. The fourth-order valence-corrected chi connectivity index (χ4v) is 2.58. The summed E-state index contributed by atoms with van der Waals surface area (Å²) in [6, 6.07) is 1.72. The molecule has 1 N–H and O–H groups in total. The molecule has 0 aromatic carbocycles. The summed E-state index contributed by atoms with van der Waals surface area (Å²) in [6.07, 6.45) is 3.49. The van der Waals surface area contributed by atoms with Crippen LogP contribution in [0.4, 0.5) is 0 Å². The molecule has 21 heavy (non-hydrogen) atoms. The van der Waals surface area contributed by atoms with Crippen molar-refractivity contribution in [2.75, 3.05) is 6.61 Å². The Labute approximate surface area is 122 Å². The Balaban J connectivity index is 1.72. The molecule has 1 aliphatic rings. The first kappa shape index (κ1) is 13.8. The predicted molar refractivity (Wildman–Crippen MR) is 73.4 cm³/mol. The summed E-state index contributed by atoms with van der Waals surface area (Å²) in [7, 11) is 0. The molecule has 2 aromatic heterocycles. The topological polar surface area (TPSA) is 84.4 Å². The van der Waals surface area contributed by atoms with Gasteiger partial charge < -0.3 is 14.5 Å². The number of nitrogens with zero attached hydrogens (tertiary/aromatic N) is 4. The lowest BCUT2D eigenvalue weighted by atomic mass is 10.2. The molecule has 0 aliphatic carbocycles. The van der Waals surface area contributed by atoms with E-state index in [1.165, 1.54) is 0 Å². The standard InChI is InChI=1S/C14H18N4O3/c1-2-3-11-6-12(16-21-11)14(20)17-8-10-7-15-18(4-5-19)13(10)9-17/h6-7,19H,2-5,8-9H2,1H3. The Kier molecular flexibility index (Phi) is 3.74. The second-order valence-corrected chi connectivity index (χ2v) is 5.15. The van der Waals surface area contributed by atoms with E-state index in [1.54, 1.807) is 21.8 Å². The number of hydrogen-bond donors (Lipinski definition) is 1. The van der Waals surface area contributed by atoms with Crippen LogP contribution >= 0.6 is 0 Å². The normalized spacial score (nSPS) is 13.7. The van der Waals surface area contributed by atoms with E-state index in [2.05, 4.69) is 10.3 Å². The van der Waals surface area contributed by atoms with Crippen molar-refractivity contribution in [3.8, 4) is 0 Å². The Morgan fingerprint density at radius 3 is 3.10 bits per heavy atom. The second-order valence-electron chi connectivity index (χ2n) is 5.15. The molecule has 2 aromatic rings. The molecular formula is C14H18N4O3. The molecule has 0 spiro atoms. The summed E-state index contributed by atoms with van der Waals surface area (Å²) >= 11 is 0. The van der Waals surface area contributed by atoms with Gasteiger partial charge in [0.15, 0.2) is 5.69 Å². The maximum atomic E-state index is 12.4. The van der Waals surface area contributed by atoms with Gasteiger partial charge in [-0.05, 0) is 6.42 Å². The van der Waals surface area contributed by atoms with Gasteiger partial charge in [0.2, 0.25) is 0 Å². The van der Waals surface area contributed by atoms with Gasteiger partial charge in [-0.1, -0.05) is 12.1 Å². The Bertz CT molecular complexity index is 646. The first-order valence-corrected chi connectivity index (χ1v) is 7.12. The van der Waals surface area contributed by atoms with Crippen molar-refractivity contribution in [1.82, 2.24) is 19.8 Å². The summed E-state index contributed by atoms with van der Waals surface area (Å²) in [5, 5.41) is 17.1. The summed E-state index contributed by atoms with van der Waals surface area (Å²) in [4.78, 5) is 14.1. The van der Waals surface area contributed by atoms with Crippen LogP contribution in [0, 0.1) is 0 Å². The van der Waals surface area contributed by atoms with Crippen molar-refractivity contribution in [2.24, 2.45) is 0 Å². The predicted octanol–water partition coefficient (Wildman–Crippen LogP) is 0.972. The van der Waals surface area contributed by atoms with Gasteiger partial charge in [-0.15, -0.1) is 0 Å². The van der Waals surface area contributed by atoms with E-state index in [4.69, 9.17) is 9.63 Å². The molecule has 0 saturated carbocycles. The van der Waals surface area contributed by atoms with Gasteiger partial charge in [-0.3, -0.25) is 9.48 Å². The van der Waals surface area contributed by atoms with Crippen LogP contribution in [0.25, 0.3) is 0 Å². The number of hydrogen-bond acceptors (Lipinski definition) is 5. The molecule has 1 aliphatic heterocycles. The number of carbonyl (C=O) groups excluding carboxylic acids is 1. The van der Waals surface area contributed by atoms with Gasteiger partial charge in [-0.25, -0.2) is 0 Å². The number of aryl methyl sites for hydroxylation is 1. The minimum absolute atomic E-state index is 0.0335. The minimum atomic E-state index is -0.132. The van der Waals surface area contributed by atoms with E-state index < -0.39 is 0 Å². The number of rotatable bonds is 5. The quantitative estimate of drug-likeness (QED) is 0.887. The largest absolute Gasteiger partial charge is 0.394 e.